The molecule has 39 heavy (non-hydrogen) atoms. The lowest BCUT2D eigenvalue weighted by Crippen LogP contribution is -2.53. The average molecular weight is 574 g/mol. The molecule has 0 heterocycles. The maximum atomic E-state index is 13.9. The van der Waals surface area contributed by atoms with Gasteiger partial charge in [-0.1, -0.05) is 85.6 Å². The van der Waals surface area contributed by atoms with E-state index in [9.17, 15) is 22.4 Å². The van der Waals surface area contributed by atoms with Crippen LogP contribution in [0.4, 0.5) is 10.1 Å². The molecule has 1 N–H and O–H groups in total. The Hall–Kier alpha value is -3.43. The molecule has 0 aromatic heterocycles. The SMILES string of the molecule is CCCCNC(=O)[C@@H](Cc1ccccc1)N(Cc1ccccc1)C(=O)CN(c1ccc(F)c(Cl)c1)S(C)(=O)=O. The number of anilines is 1. The second-order valence-corrected chi connectivity index (χ2v) is 11.5. The van der Waals surface area contributed by atoms with Gasteiger partial charge in [-0.2, -0.15) is 0 Å². The predicted octanol–water partition coefficient (Wildman–Crippen LogP) is 4.80. The molecule has 208 valence electrons. The van der Waals surface area contributed by atoms with Gasteiger partial charge < -0.3 is 10.2 Å². The van der Waals surface area contributed by atoms with Gasteiger partial charge in [-0.3, -0.25) is 13.9 Å². The summed E-state index contributed by atoms with van der Waals surface area (Å²) in [5.74, 6) is -1.62. The van der Waals surface area contributed by atoms with E-state index in [1.807, 2.05) is 67.6 Å². The number of unbranched alkanes of at least 4 members (excludes halogenated alkanes) is 1. The maximum Gasteiger partial charge on any atom is 0.244 e. The van der Waals surface area contributed by atoms with Crippen LogP contribution in [0.1, 0.15) is 30.9 Å². The van der Waals surface area contributed by atoms with Crippen molar-refractivity contribution in [2.75, 3.05) is 23.7 Å². The molecule has 3 aromatic rings. The van der Waals surface area contributed by atoms with Crippen LogP contribution in [0.25, 0.3) is 0 Å². The lowest BCUT2D eigenvalue weighted by molar-refractivity contribution is -0.140. The number of amides is 2. The molecule has 0 aliphatic rings. The van der Waals surface area contributed by atoms with Gasteiger partial charge in [0.2, 0.25) is 21.8 Å². The van der Waals surface area contributed by atoms with E-state index in [0.29, 0.717) is 6.54 Å². The van der Waals surface area contributed by atoms with Crippen molar-refractivity contribution < 1.29 is 22.4 Å². The molecule has 0 saturated heterocycles. The largest absolute Gasteiger partial charge is 0.354 e. The summed E-state index contributed by atoms with van der Waals surface area (Å²) in [5, 5.41) is 2.66. The Morgan fingerprint density at radius 2 is 1.59 bits per heavy atom. The fourth-order valence-electron chi connectivity index (χ4n) is 4.09. The average Bonchev–Trinajstić information content (AvgIpc) is 2.91. The van der Waals surface area contributed by atoms with Crippen LogP contribution in [0.5, 0.6) is 0 Å². The van der Waals surface area contributed by atoms with Gasteiger partial charge in [0.15, 0.2) is 0 Å². The van der Waals surface area contributed by atoms with Crippen molar-refractivity contribution in [1.29, 1.82) is 0 Å². The van der Waals surface area contributed by atoms with Gasteiger partial charge in [-0.15, -0.1) is 0 Å². The molecule has 1 atom stereocenters. The smallest absolute Gasteiger partial charge is 0.244 e. The van der Waals surface area contributed by atoms with E-state index in [1.54, 1.807) is 0 Å². The number of hydrogen-bond acceptors (Lipinski definition) is 4. The standard InChI is InChI=1S/C29H33ClFN3O4S/c1-3-4-17-32-29(36)27(18-22-11-7-5-8-12-22)33(20-23-13-9-6-10-14-23)28(35)21-34(39(2,37)38)24-15-16-26(31)25(30)19-24/h5-16,19,27H,3-4,17-18,20-21H2,1-2H3,(H,32,36)/t27-/m1/s1. The predicted molar refractivity (Wildman–Crippen MR) is 152 cm³/mol. The second kappa shape index (κ2) is 14.1. The number of carbonyl (C=O) groups excluding carboxylic acids is 2. The number of halogens is 2. The topological polar surface area (TPSA) is 86.8 Å². The van der Waals surface area contributed by atoms with E-state index in [4.69, 9.17) is 11.6 Å². The Labute approximate surface area is 234 Å². The minimum Gasteiger partial charge on any atom is -0.354 e. The number of rotatable bonds is 13. The molecule has 0 spiro atoms. The summed E-state index contributed by atoms with van der Waals surface area (Å²) >= 11 is 5.91. The molecule has 0 radical (unpaired) electrons. The van der Waals surface area contributed by atoms with Gasteiger partial charge in [-0.05, 0) is 35.7 Å². The van der Waals surface area contributed by atoms with Crippen molar-refractivity contribution in [1.82, 2.24) is 10.2 Å². The van der Waals surface area contributed by atoms with Crippen LogP contribution in [0.2, 0.25) is 5.02 Å². The summed E-state index contributed by atoms with van der Waals surface area (Å²) in [6.45, 7) is 1.96. The molecule has 10 heteroatoms. The molecule has 2 amide bonds. The van der Waals surface area contributed by atoms with Crippen LogP contribution >= 0.6 is 11.6 Å². The summed E-state index contributed by atoms with van der Waals surface area (Å²) in [6, 6.07) is 21.0. The van der Waals surface area contributed by atoms with Crippen LogP contribution in [-0.2, 0) is 32.6 Å². The number of benzene rings is 3. The van der Waals surface area contributed by atoms with Crippen molar-refractivity contribution in [3.8, 4) is 0 Å². The van der Waals surface area contributed by atoms with E-state index in [-0.39, 0.29) is 29.6 Å². The van der Waals surface area contributed by atoms with Crippen LogP contribution in [-0.4, -0.2) is 50.5 Å². The summed E-state index contributed by atoms with van der Waals surface area (Å²) in [4.78, 5) is 28.8. The highest BCUT2D eigenvalue weighted by Gasteiger charge is 2.33. The number of nitrogens with zero attached hydrogens (tertiary/aromatic N) is 2. The zero-order valence-corrected chi connectivity index (χ0v) is 23.6. The first-order valence-electron chi connectivity index (χ1n) is 12.7. The van der Waals surface area contributed by atoms with Gasteiger partial charge in [0.1, 0.15) is 18.4 Å². The van der Waals surface area contributed by atoms with Gasteiger partial charge >= 0.3 is 0 Å². The lowest BCUT2D eigenvalue weighted by atomic mass is 10.0. The third-order valence-electron chi connectivity index (χ3n) is 6.17. The monoisotopic (exact) mass is 573 g/mol. The van der Waals surface area contributed by atoms with E-state index in [2.05, 4.69) is 5.32 Å². The van der Waals surface area contributed by atoms with Crippen molar-refractivity contribution in [3.63, 3.8) is 0 Å². The highest BCUT2D eigenvalue weighted by atomic mass is 35.5. The molecule has 7 nitrogen and oxygen atoms in total. The summed E-state index contributed by atoms with van der Waals surface area (Å²) in [5.41, 5.74) is 1.68. The highest BCUT2D eigenvalue weighted by Crippen LogP contribution is 2.25. The number of hydrogen-bond donors (Lipinski definition) is 1. The van der Waals surface area contributed by atoms with E-state index in [0.717, 1.165) is 46.7 Å². The molecule has 0 bridgehead atoms. The van der Waals surface area contributed by atoms with Crippen molar-refractivity contribution in [2.45, 2.75) is 38.8 Å². The molecular weight excluding hydrogens is 541 g/mol. The molecule has 0 aliphatic heterocycles. The minimum atomic E-state index is -3.97. The molecule has 0 fully saturated rings. The Morgan fingerprint density at radius 1 is 0.974 bits per heavy atom. The molecule has 3 aromatic carbocycles. The second-order valence-electron chi connectivity index (χ2n) is 9.23. The third kappa shape index (κ3) is 8.80. The van der Waals surface area contributed by atoms with Gasteiger partial charge in [0.25, 0.3) is 0 Å². The van der Waals surface area contributed by atoms with E-state index >= 15 is 0 Å². The van der Waals surface area contributed by atoms with Crippen LogP contribution in [0.15, 0.2) is 78.9 Å². The van der Waals surface area contributed by atoms with Crippen molar-refractivity contribution in [3.05, 3.63) is 101 Å². The molecule has 0 saturated carbocycles. The first kappa shape index (κ1) is 30.1. The van der Waals surface area contributed by atoms with E-state index < -0.39 is 34.3 Å². The normalized spacial score (nSPS) is 12.0. The first-order chi connectivity index (χ1) is 18.6. The van der Waals surface area contributed by atoms with Crippen LogP contribution < -0.4 is 9.62 Å². The van der Waals surface area contributed by atoms with E-state index in [1.165, 1.54) is 11.0 Å². The number of nitrogens with one attached hydrogen (secondary N) is 1. The highest BCUT2D eigenvalue weighted by molar-refractivity contribution is 7.92. The quantitative estimate of drug-likeness (QED) is 0.298. The summed E-state index contributed by atoms with van der Waals surface area (Å²) in [7, 11) is -3.97. The molecule has 3 rings (SSSR count). The van der Waals surface area contributed by atoms with Gasteiger partial charge in [0.05, 0.1) is 17.0 Å². The maximum absolute atomic E-state index is 13.9. The zero-order valence-electron chi connectivity index (χ0n) is 22.0. The number of sulfonamides is 1. The van der Waals surface area contributed by atoms with Crippen molar-refractivity contribution >= 4 is 39.1 Å². The molecule has 0 unspecified atom stereocenters. The summed E-state index contributed by atoms with van der Waals surface area (Å²) in [6.07, 6.45) is 2.86. The minimum absolute atomic E-state index is 0.0453. The van der Waals surface area contributed by atoms with Crippen LogP contribution in [0, 0.1) is 5.82 Å². The fraction of sp³-hybridized carbons (Fsp3) is 0.310. The Balaban J connectivity index is 2.02. The fourth-order valence-corrected chi connectivity index (χ4v) is 5.11. The Bertz CT molecular complexity index is 1360. The Kier molecular flexibility index (Phi) is 10.9. The van der Waals surface area contributed by atoms with Gasteiger partial charge in [-0.25, -0.2) is 12.8 Å². The van der Waals surface area contributed by atoms with Crippen LogP contribution in [0.3, 0.4) is 0 Å². The Morgan fingerprint density at radius 3 is 2.15 bits per heavy atom. The summed E-state index contributed by atoms with van der Waals surface area (Å²) < 4.78 is 40.2. The molecule has 0 aliphatic carbocycles. The lowest BCUT2D eigenvalue weighted by Gasteiger charge is -2.33. The van der Waals surface area contributed by atoms with Gasteiger partial charge in [0, 0.05) is 19.5 Å². The molecular formula is C29H33ClFN3O4S. The zero-order chi connectivity index (χ0) is 28.4. The van der Waals surface area contributed by atoms with Crippen molar-refractivity contribution in [2.24, 2.45) is 0 Å². The number of carbonyl (C=O) groups is 2. The third-order valence-corrected chi connectivity index (χ3v) is 7.60. The first-order valence-corrected chi connectivity index (χ1v) is 14.9.